The fourth-order valence-electron chi connectivity index (χ4n) is 1.16. The maximum Gasteiger partial charge on any atom is 0.188 e. The van der Waals surface area contributed by atoms with E-state index in [9.17, 15) is 0 Å². The second-order valence-corrected chi connectivity index (χ2v) is 4.16. The summed E-state index contributed by atoms with van der Waals surface area (Å²) < 4.78 is 1.07. The zero-order valence-corrected chi connectivity index (χ0v) is 8.80. The van der Waals surface area contributed by atoms with Crippen LogP contribution in [0.5, 0.6) is 0 Å². The molecule has 0 aliphatic rings. The van der Waals surface area contributed by atoms with Gasteiger partial charge in [0.2, 0.25) is 0 Å². The molecule has 1 aromatic heterocycles. The SMILES string of the molecule is [C-]#[N+]c1ccc2nc(N(C)C)sc2c1. The first-order valence-electron chi connectivity index (χ1n) is 4.16. The number of hydrogen-bond acceptors (Lipinski definition) is 3. The number of aromatic nitrogens is 1. The van der Waals surface area contributed by atoms with Gasteiger partial charge in [0.25, 0.3) is 0 Å². The predicted octanol–water partition coefficient (Wildman–Crippen LogP) is 2.91. The molecule has 0 radical (unpaired) electrons. The largest absolute Gasteiger partial charge is 0.354 e. The van der Waals surface area contributed by atoms with Crippen LogP contribution in [0.25, 0.3) is 15.1 Å². The van der Waals surface area contributed by atoms with Gasteiger partial charge in [-0.2, -0.15) is 0 Å². The van der Waals surface area contributed by atoms with Gasteiger partial charge in [-0.3, -0.25) is 0 Å². The first-order valence-corrected chi connectivity index (χ1v) is 4.98. The normalized spacial score (nSPS) is 10.1. The highest BCUT2D eigenvalue weighted by Gasteiger charge is 2.05. The number of hydrogen-bond donors (Lipinski definition) is 0. The standard InChI is InChI=1S/C10H9N3S/c1-11-7-4-5-8-9(6-7)14-10(12-8)13(2)3/h4-6H,2-3H3. The van der Waals surface area contributed by atoms with Crippen molar-refractivity contribution in [2.24, 2.45) is 0 Å². The summed E-state index contributed by atoms with van der Waals surface area (Å²) >= 11 is 1.61. The van der Waals surface area contributed by atoms with Crippen LogP contribution < -0.4 is 4.90 Å². The van der Waals surface area contributed by atoms with Gasteiger partial charge in [-0.15, -0.1) is 0 Å². The Morgan fingerprint density at radius 3 is 2.86 bits per heavy atom. The molecule has 1 heterocycles. The Labute approximate surface area is 86.4 Å². The topological polar surface area (TPSA) is 20.5 Å². The van der Waals surface area contributed by atoms with E-state index >= 15 is 0 Å². The lowest BCUT2D eigenvalue weighted by Gasteiger charge is -2.04. The van der Waals surface area contributed by atoms with Crippen LogP contribution in [0.1, 0.15) is 0 Å². The van der Waals surface area contributed by atoms with E-state index in [1.807, 2.05) is 31.1 Å². The van der Waals surface area contributed by atoms with E-state index in [1.165, 1.54) is 0 Å². The third-order valence-electron chi connectivity index (χ3n) is 1.87. The fourth-order valence-corrected chi connectivity index (χ4v) is 2.08. The first-order chi connectivity index (χ1) is 6.70. The number of benzene rings is 1. The Morgan fingerprint density at radius 1 is 1.43 bits per heavy atom. The van der Waals surface area contributed by atoms with Crippen LogP contribution in [0, 0.1) is 6.57 Å². The minimum Gasteiger partial charge on any atom is -0.354 e. The molecule has 0 saturated carbocycles. The fraction of sp³-hybridized carbons (Fsp3) is 0.200. The van der Waals surface area contributed by atoms with Crippen LogP contribution in [0.4, 0.5) is 10.8 Å². The van der Waals surface area contributed by atoms with Crippen molar-refractivity contribution >= 4 is 32.4 Å². The van der Waals surface area contributed by atoms with Gasteiger partial charge in [0.05, 0.1) is 12.1 Å². The zero-order chi connectivity index (χ0) is 10.1. The van der Waals surface area contributed by atoms with Crippen molar-refractivity contribution in [3.8, 4) is 0 Å². The third-order valence-corrected chi connectivity index (χ3v) is 3.06. The number of fused-ring (bicyclic) bond motifs is 1. The van der Waals surface area contributed by atoms with E-state index in [2.05, 4.69) is 9.83 Å². The summed E-state index contributed by atoms with van der Waals surface area (Å²) in [4.78, 5) is 9.79. The molecule has 0 spiro atoms. The Morgan fingerprint density at radius 2 is 2.21 bits per heavy atom. The average Bonchev–Trinajstić information content (AvgIpc) is 2.59. The lowest BCUT2D eigenvalue weighted by Crippen LogP contribution is -2.07. The molecule has 0 fully saturated rings. The van der Waals surface area contributed by atoms with Crippen LogP contribution in [0.15, 0.2) is 18.2 Å². The van der Waals surface area contributed by atoms with Crippen molar-refractivity contribution in [2.45, 2.75) is 0 Å². The first kappa shape index (κ1) is 8.97. The Kier molecular flexibility index (Phi) is 2.10. The molecular formula is C10H9N3S. The van der Waals surface area contributed by atoms with Gasteiger partial charge in [0.15, 0.2) is 10.8 Å². The molecule has 0 bridgehead atoms. The minimum absolute atomic E-state index is 0.673. The molecule has 0 unspecified atom stereocenters. The lowest BCUT2D eigenvalue weighted by molar-refractivity contribution is 1.11. The molecule has 0 aliphatic heterocycles. The quantitative estimate of drug-likeness (QED) is 0.664. The molecule has 0 amide bonds. The van der Waals surface area contributed by atoms with Crippen LogP contribution >= 0.6 is 11.3 Å². The highest BCUT2D eigenvalue weighted by atomic mass is 32.1. The monoisotopic (exact) mass is 203 g/mol. The highest BCUT2D eigenvalue weighted by Crippen LogP contribution is 2.30. The van der Waals surface area contributed by atoms with Crippen molar-refractivity contribution in [1.82, 2.24) is 4.98 Å². The van der Waals surface area contributed by atoms with Gasteiger partial charge in [0.1, 0.15) is 0 Å². The summed E-state index contributed by atoms with van der Waals surface area (Å²) in [5.41, 5.74) is 1.64. The highest BCUT2D eigenvalue weighted by molar-refractivity contribution is 7.22. The molecule has 0 atom stereocenters. The molecule has 2 rings (SSSR count). The zero-order valence-electron chi connectivity index (χ0n) is 7.98. The molecule has 0 saturated heterocycles. The third kappa shape index (κ3) is 1.42. The van der Waals surface area contributed by atoms with Gasteiger partial charge >= 0.3 is 0 Å². The van der Waals surface area contributed by atoms with Crippen LogP contribution in [-0.4, -0.2) is 19.1 Å². The van der Waals surface area contributed by atoms with E-state index in [0.29, 0.717) is 5.69 Å². The molecule has 70 valence electrons. The van der Waals surface area contributed by atoms with Gasteiger partial charge < -0.3 is 4.90 Å². The van der Waals surface area contributed by atoms with Gasteiger partial charge in [-0.25, -0.2) is 9.83 Å². The summed E-state index contributed by atoms with van der Waals surface area (Å²) in [7, 11) is 3.93. The summed E-state index contributed by atoms with van der Waals surface area (Å²) in [6.07, 6.45) is 0. The van der Waals surface area contributed by atoms with Crippen molar-refractivity contribution < 1.29 is 0 Å². The molecule has 14 heavy (non-hydrogen) atoms. The van der Waals surface area contributed by atoms with Gasteiger partial charge in [-0.05, 0) is 12.1 Å². The lowest BCUT2D eigenvalue weighted by atomic mass is 10.3. The van der Waals surface area contributed by atoms with Crippen molar-refractivity contribution in [2.75, 3.05) is 19.0 Å². The molecule has 2 aromatic rings. The second kappa shape index (κ2) is 3.28. The molecule has 4 heteroatoms. The average molecular weight is 203 g/mol. The van der Waals surface area contributed by atoms with E-state index in [0.717, 1.165) is 15.3 Å². The van der Waals surface area contributed by atoms with Crippen molar-refractivity contribution in [3.05, 3.63) is 29.6 Å². The number of rotatable bonds is 1. The molecule has 0 aliphatic carbocycles. The van der Waals surface area contributed by atoms with E-state index in [4.69, 9.17) is 6.57 Å². The molecule has 1 aromatic carbocycles. The second-order valence-electron chi connectivity index (χ2n) is 3.15. The summed E-state index contributed by atoms with van der Waals surface area (Å²) in [6, 6.07) is 5.58. The predicted molar refractivity (Wildman–Crippen MR) is 60.2 cm³/mol. The van der Waals surface area contributed by atoms with Crippen molar-refractivity contribution in [3.63, 3.8) is 0 Å². The van der Waals surface area contributed by atoms with Crippen LogP contribution in [-0.2, 0) is 0 Å². The van der Waals surface area contributed by atoms with E-state index < -0.39 is 0 Å². The Balaban J connectivity index is 2.61. The summed E-state index contributed by atoms with van der Waals surface area (Å²) in [6.45, 7) is 6.91. The van der Waals surface area contributed by atoms with Gasteiger partial charge in [0, 0.05) is 18.8 Å². The number of nitrogens with zero attached hydrogens (tertiary/aromatic N) is 3. The molecular weight excluding hydrogens is 194 g/mol. The number of anilines is 1. The maximum absolute atomic E-state index is 6.91. The summed E-state index contributed by atoms with van der Waals surface area (Å²) in [5, 5.41) is 0.974. The van der Waals surface area contributed by atoms with Crippen LogP contribution in [0.3, 0.4) is 0 Å². The van der Waals surface area contributed by atoms with Crippen molar-refractivity contribution in [1.29, 1.82) is 0 Å². The van der Waals surface area contributed by atoms with Crippen LogP contribution in [0.2, 0.25) is 0 Å². The van der Waals surface area contributed by atoms with E-state index in [1.54, 1.807) is 17.4 Å². The summed E-state index contributed by atoms with van der Waals surface area (Å²) in [5.74, 6) is 0. The van der Waals surface area contributed by atoms with Gasteiger partial charge in [-0.1, -0.05) is 17.4 Å². The maximum atomic E-state index is 6.91. The van der Waals surface area contributed by atoms with E-state index in [-0.39, 0.29) is 0 Å². The Bertz CT molecular complexity index is 508. The Hall–Kier alpha value is -1.60. The molecule has 3 nitrogen and oxygen atoms in total. The minimum atomic E-state index is 0.673. The smallest absolute Gasteiger partial charge is 0.188 e. The number of thiazole rings is 1. The molecule has 0 N–H and O–H groups in total.